The van der Waals surface area contributed by atoms with Gasteiger partial charge in [-0.2, -0.15) is 24.9 Å². The van der Waals surface area contributed by atoms with Gasteiger partial charge in [0, 0.05) is 17.5 Å². The molecule has 1 aliphatic rings. The summed E-state index contributed by atoms with van der Waals surface area (Å²) < 4.78 is 44.0. The molecular weight excluding hydrogens is 299 g/mol. The lowest BCUT2D eigenvalue weighted by Gasteiger charge is -2.31. The van der Waals surface area contributed by atoms with Crippen molar-refractivity contribution in [3.63, 3.8) is 0 Å². The van der Waals surface area contributed by atoms with Crippen LogP contribution in [-0.4, -0.2) is 36.8 Å². The van der Waals surface area contributed by atoms with Crippen LogP contribution in [-0.2, 0) is 17.3 Å². The van der Waals surface area contributed by atoms with E-state index in [1.807, 2.05) is 18.7 Å². The van der Waals surface area contributed by atoms with Crippen molar-refractivity contribution in [1.29, 1.82) is 0 Å². The molecule has 6 heteroatoms. The Hall–Kier alpha value is -0.720. The van der Waals surface area contributed by atoms with Gasteiger partial charge < -0.3 is 10.1 Å². The Morgan fingerprint density at radius 1 is 1.43 bits per heavy atom. The lowest BCUT2D eigenvalue weighted by atomic mass is 10.00. The summed E-state index contributed by atoms with van der Waals surface area (Å²) in [6.45, 7) is 3.48. The molecular formula is C15H20F3NOS. The molecule has 1 saturated heterocycles. The van der Waals surface area contributed by atoms with E-state index in [0.717, 1.165) is 24.1 Å². The molecule has 0 saturated carbocycles. The summed E-state index contributed by atoms with van der Waals surface area (Å²) in [5.74, 6) is 1.87. The number of thioether (sulfide) groups is 1. The van der Waals surface area contributed by atoms with Gasteiger partial charge in [0.05, 0.1) is 18.3 Å². The highest BCUT2D eigenvalue weighted by atomic mass is 32.2. The van der Waals surface area contributed by atoms with Crippen LogP contribution in [0, 0.1) is 0 Å². The molecule has 21 heavy (non-hydrogen) atoms. The van der Waals surface area contributed by atoms with Crippen LogP contribution < -0.4 is 5.32 Å². The smallest absolute Gasteiger partial charge is 0.375 e. The maximum atomic E-state index is 12.8. The molecule has 118 valence electrons. The van der Waals surface area contributed by atoms with Gasteiger partial charge in [-0.3, -0.25) is 0 Å². The normalized spacial score (nSPS) is 21.2. The highest BCUT2D eigenvalue weighted by Crippen LogP contribution is 2.30. The van der Waals surface area contributed by atoms with Crippen LogP contribution in [0.25, 0.3) is 0 Å². The standard InChI is InChI=1S/C15H20F3NOS/c1-2-19-13(14-10-21-7-6-20-14)9-11-4-3-5-12(8-11)15(16,17)18/h3-5,8,13-14,19H,2,6-7,9-10H2,1H3. The summed E-state index contributed by atoms with van der Waals surface area (Å²) in [6, 6.07) is 5.61. The first-order valence-electron chi connectivity index (χ1n) is 7.09. The molecule has 1 fully saturated rings. The summed E-state index contributed by atoms with van der Waals surface area (Å²) in [4.78, 5) is 0. The van der Waals surface area contributed by atoms with E-state index in [0.29, 0.717) is 18.6 Å². The Morgan fingerprint density at radius 3 is 2.86 bits per heavy atom. The van der Waals surface area contributed by atoms with Crippen molar-refractivity contribution in [1.82, 2.24) is 5.32 Å². The van der Waals surface area contributed by atoms with Crippen LogP contribution >= 0.6 is 11.8 Å². The monoisotopic (exact) mass is 319 g/mol. The average molecular weight is 319 g/mol. The predicted molar refractivity (Wildman–Crippen MR) is 79.7 cm³/mol. The second-order valence-corrected chi connectivity index (χ2v) is 6.20. The molecule has 1 N–H and O–H groups in total. The quantitative estimate of drug-likeness (QED) is 0.899. The number of halogens is 3. The van der Waals surface area contributed by atoms with Crippen LogP contribution in [0.1, 0.15) is 18.1 Å². The van der Waals surface area contributed by atoms with E-state index in [-0.39, 0.29) is 12.1 Å². The second kappa shape index (κ2) is 7.51. The zero-order valence-electron chi connectivity index (χ0n) is 12.0. The summed E-state index contributed by atoms with van der Waals surface area (Å²) in [5.41, 5.74) is 0.101. The number of hydrogen-bond acceptors (Lipinski definition) is 3. The van der Waals surface area contributed by atoms with Crippen molar-refractivity contribution in [2.75, 3.05) is 24.7 Å². The lowest BCUT2D eigenvalue weighted by molar-refractivity contribution is -0.137. The Morgan fingerprint density at radius 2 is 2.24 bits per heavy atom. The molecule has 2 unspecified atom stereocenters. The topological polar surface area (TPSA) is 21.3 Å². The fraction of sp³-hybridized carbons (Fsp3) is 0.600. The van der Waals surface area contributed by atoms with Crippen LogP contribution in [0.2, 0.25) is 0 Å². The Kier molecular flexibility index (Phi) is 5.96. The minimum Gasteiger partial charge on any atom is -0.375 e. The zero-order valence-corrected chi connectivity index (χ0v) is 12.8. The molecule has 0 spiro atoms. The van der Waals surface area contributed by atoms with E-state index in [4.69, 9.17) is 4.74 Å². The van der Waals surface area contributed by atoms with Gasteiger partial charge in [-0.25, -0.2) is 0 Å². The number of nitrogens with one attached hydrogen (secondary N) is 1. The third-order valence-electron chi connectivity index (χ3n) is 3.47. The van der Waals surface area contributed by atoms with Gasteiger partial charge in [0.1, 0.15) is 0 Å². The van der Waals surface area contributed by atoms with Gasteiger partial charge in [-0.1, -0.05) is 25.1 Å². The van der Waals surface area contributed by atoms with E-state index < -0.39 is 11.7 Å². The third kappa shape index (κ3) is 4.90. The number of alkyl halides is 3. The fourth-order valence-electron chi connectivity index (χ4n) is 2.46. The van der Waals surface area contributed by atoms with Crippen molar-refractivity contribution >= 4 is 11.8 Å². The highest BCUT2D eigenvalue weighted by Gasteiger charge is 2.31. The molecule has 2 rings (SSSR count). The minimum atomic E-state index is -4.29. The van der Waals surface area contributed by atoms with Gasteiger partial charge in [-0.15, -0.1) is 0 Å². The molecule has 2 nitrogen and oxygen atoms in total. The number of likely N-dealkylation sites (N-methyl/N-ethyl adjacent to an activating group) is 1. The van der Waals surface area contributed by atoms with Crippen LogP contribution in [0.3, 0.4) is 0 Å². The van der Waals surface area contributed by atoms with E-state index in [1.165, 1.54) is 12.1 Å². The molecule has 0 aromatic heterocycles. The molecule has 1 aliphatic heterocycles. The van der Waals surface area contributed by atoms with E-state index in [1.54, 1.807) is 6.07 Å². The highest BCUT2D eigenvalue weighted by molar-refractivity contribution is 7.99. The number of rotatable bonds is 5. The van der Waals surface area contributed by atoms with Crippen LogP contribution in [0.15, 0.2) is 24.3 Å². The summed E-state index contributed by atoms with van der Waals surface area (Å²) in [7, 11) is 0. The van der Waals surface area contributed by atoms with Crippen molar-refractivity contribution in [2.45, 2.75) is 31.7 Å². The Labute approximate surface area is 127 Å². The first-order valence-corrected chi connectivity index (χ1v) is 8.25. The van der Waals surface area contributed by atoms with Crippen molar-refractivity contribution in [3.8, 4) is 0 Å². The van der Waals surface area contributed by atoms with Crippen LogP contribution in [0.4, 0.5) is 13.2 Å². The first kappa shape index (κ1) is 16.6. The molecule has 1 aromatic carbocycles. The minimum absolute atomic E-state index is 0.0475. The van der Waals surface area contributed by atoms with Crippen molar-refractivity contribution in [3.05, 3.63) is 35.4 Å². The second-order valence-electron chi connectivity index (χ2n) is 5.05. The van der Waals surface area contributed by atoms with Gasteiger partial charge in [0.15, 0.2) is 0 Å². The fourth-order valence-corrected chi connectivity index (χ4v) is 3.41. The Bertz CT molecular complexity index is 447. The van der Waals surface area contributed by atoms with Gasteiger partial charge in [-0.05, 0) is 24.6 Å². The average Bonchev–Trinajstić information content (AvgIpc) is 2.47. The number of benzene rings is 1. The summed E-state index contributed by atoms with van der Waals surface area (Å²) in [6.07, 6.45) is -3.69. The maximum Gasteiger partial charge on any atom is 0.416 e. The first-order chi connectivity index (χ1) is 10.0. The van der Waals surface area contributed by atoms with E-state index >= 15 is 0 Å². The SMILES string of the molecule is CCNC(Cc1cccc(C(F)(F)F)c1)C1CSCCO1. The largest absolute Gasteiger partial charge is 0.416 e. The van der Waals surface area contributed by atoms with E-state index in [2.05, 4.69) is 5.32 Å². The Balaban J connectivity index is 2.09. The molecule has 1 heterocycles. The van der Waals surface area contributed by atoms with Gasteiger partial charge in [0.2, 0.25) is 0 Å². The van der Waals surface area contributed by atoms with Crippen LogP contribution in [0.5, 0.6) is 0 Å². The van der Waals surface area contributed by atoms with Gasteiger partial charge in [0.25, 0.3) is 0 Å². The molecule has 1 aromatic rings. The van der Waals surface area contributed by atoms with Crippen molar-refractivity contribution < 1.29 is 17.9 Å². The zero-order chi connectivity index (χ0) is 15.3. The number of ether oxygens (including phenoxy) is 1. The predicted octanol–water partition coefficient (Wildman–Crippen LogP) is 3.36. The third-order valence-corrected chi connectivity index (χ3v) is 4.49. The summed E-state index contributed by atoms with van der Waals surface area (Å²) in [5, 5.41) is 3.34. The molecule has 2 atom stereocenters. The van der Waals surface area contributed by atoms with Crippen molar-refractivity contribution in [2.24, 2.45) is 0 Å². The van der Waals surface area contributed by atoms with E-state index in [9.17, 15) is 13.2 Å². The lowest BCUT2D eigenvalue weighted by Crippen LogP contribution is -2.46. The molecule has 0 aliphatic carbocycles. The maximum absolute atomic E-state index is 12.8. The van der Waals surface area contributed by atoms with Gasteiger partial charge >= 0.3 is 6.18 Å². The summed E-state index contributed by atoms with van der Waals surface area (Å²) >= 11 is 1.83. The molecule has 0 radical (unpaired) electrons. The molecule has 0 bridgehead atoms. The molecule has 0 amide bonds. The number of hydrogen-bond donors (Lipinski definition) is 1.